The summed E-state index contributed by atoms with van der Waals surface area (Å²) in [6.45, 7) is 2.94. The first kappa shape index (κ1) is 20.0. The monoisotopic (exact) mass is 343 g/mol. The van der Waals surface area contributed by atoms with Crippen LogP contribution in [0.15, 0.2) is 23.2 Å². The van der Waals surface area contributed by atoms with E-state index in [0.29, 0.717) is 18.9 Å². The molecular weight excluding hydrogens is 316 g/mol. The van der Waals surface area contributed by atoms with E-state index in [2.05, 4.69) is 34.2 Å². The third-order valence-electron chi connectivity index (χ3n) is 3.39. The van der Waals surface area contributed by atoms with Gasteiger partial charge in [0.2, 0.25) is 0 Å². The van der Waals surface area contributed by atoms with E-state index in [4.69, 9.17) is 4.74 Å². The Balaban J connectivity index is 2.51. The number of nitrogens with one attached hydrogen (secondary N) is 2. The predicted octanol–water partition coefficient (Wildman–Crippen LogP) is 3.05. The van der Waals surface area contributed by atoms with Gasteiger partial charge in [0.15, 0.2) is 17.5 Å². The van der Waals surface area contributed by atoms with Crippen LogP contribution in [-0.4, -0.2) is 39.8 Å². The molecular formula is C17H27F2N3O2. The van der Waals surface area contributed by atoms with Crippen molar-refractivity contribution in [2.45, 2.75) is 33.3 Å². The first-order valence-corrected chi connectivity index (χ1v) is 8.02. The lowest BCUT2D eigenvalue weighted by Gasteiger charge is -2.14. The molecule has 0 radical (unpaired) electrons. The Bertz CT molecular complexity index is 523. The quantitative estimate of drug-likeness (QED) is 0.534. The zero-order valence-corrected chi connectivity index (χ0v) is 14.7. The van der Waals surface area contributed by atoms with Crippen LogP contribution in [-0.2, 0) is 6.42 Å². The van der Waals surface area contributed by atoms with Gasteiger partial charge < -0.3 is 20.1 Å². The molecule has 7 heteroatoms. The molecule has 0 amide bonds. The molecule has 0 bridgehead atoms. The Labute approximate surface area is 142 Å². The molecule has 136 valence electrons. The molecule has 0 saturated heterocycles. The SMILES string of the molecule is CN=C(NCCc1ccc(OC)c(OC(F)F)c1)NCCC(C)C. The van der Waals surface area contributed by atoms with Crippen LogP contribution in [0.25, 0.3) is 0 Å². The minimum absolute atomic E-state index is 0.0458. The Kier molecular flexibility index (Phi) is 8.89. The van der Waals surface area contributed by atoms with Crippen LogP contribution in [0.3, 0.4) is 0 Å². The van der Waals surface area contributed by atoms with E-state index >= 15 is 0 Å². The van der Waals surface area contributed by atoms with Gasteiger partial charge in [0.05, 0.1) is 7.11 Å². The number of benzene rings is 1. The number of halogens is 2. The van der Waals surface area contributed by atoms with E-state index in [-0.39, 0.29) is 11.5 Å². The molecule has 0 saturated carbocycles. The Morgan fingerprint density at radius 3 is 2.46 bits per heavy atom. The maximum Gasteiger partial charge on any atom is 0.387 e. The second-order valence-corrected chi connectivity index (χ2v) is 5.72. The van der Waals surface area contributed by atoms with Crippen molar-refractivity contribution in [3.63, 3.8) is 0 Å². The topological polar surface area (TPSA) is 54.9 Å². The van der Waals surface area contributed by atoms with Crippen LogP contribution in [0.4, 0.5) is 8.78 Å². The zero-order chi connectivity index (χ0) is 17.9. The molecule has 0 heterocycles. The maximum atomic E-state index is 12.4. The zero-order valence-electron chi connectivity index (χ0n) is 14.7. The number of guanidine groups is 1. The van der Waals surface area contributed by atoms with Gasteiger partial charge in [0, 0.05) is 20.1 Å². The summed E-state index contributed by atoms with van der Waals surface area (Å²) in [5.41, 5.74) is 0.872. The number of rotatable bonds is 9. The van der Waals surface area contributed by atoms with Crippen molar-refractivity contribution in [3.8, 4) is 11.5 Å². The average Bonchev–Trinajstić information content (AvgIpc) is 2.52. The van der Waals surface area contributed by atoms with Gasteiger partial charge in [-0.05, 0) is 36.5 Å². The molecule has 1 aromatic rings. The molecule has 5 nitrogen and oxygen atoms in total. The smallest absolute Gasteiger partial charge is 0.387 e. The predicted molar refractivity (Wildman–Crippen MR) is 92.1 cm³/mol. The van der Waals surface area contributed by atoms with E-state index in [1.807, 2.05) is 6.07 Å². The summed E-state index contributed by atoms with van der Waals surface area (Å²) in [4.78, 5) is 4.15. The molecule has 0 aliphatic rings. The Hall–Kier alpha value is -2.05. The normalized spacial score (nSPS) is 11.8. The van der Waals surface area contributed by atoms with Gasteiger partial charge in [-0.3, -0.25) is 4.99 Å². The molecule has 0 fully saturated rings. The van der Waals surface area contributed by atoms with Gasteiger partial charge >= 0.3 is 6.61 Å². The molecule has 1 rings (SSSR count). The largest absolute Gasteiger partial charge is 0.493 e. The number of hydrogen-bond donors (Lipinski definition) is 2. The minimum Gasteiger partial charge on any atom is -0.493 e. The first-order valence-electron chi connectivity index (χ1n) is 8.02. The van der Waals surface area contributed by atoms with Crippen LogP contribution in [0.2, 0.25) is 0 Å². The number of ether oxygens (including phenoxy) is 2. The van der Waals surface area contributed by atoms with Crippen LogP contribution >= 0.6 is 0 Å². The van der Waals surface area contributed by atoms with Gasteiger partial charge in [-0.2, -0.15) is 8.78 Å². The van der Waals surface area contributed by atoms with Crippen molar-refractivity contribution in [2.75, 3.05) is 27.2 Å². The van der Waals surface area contributed by atoms with Crippen molar-refractivity contribution in [3.05, 3.63) is 23.8 Å². The third-order valence-corrected chi connectivity index (χ3v) is 3.39. The maximum absolute atomic E-state index is 12.4. The van der Waals surface area contributed by atoms with Crippen LogP contribution in [0.1, 0.15) is 25.8 Å². The Morgan fingerprint density at radius 1 is 1.17 bits per heavy atom. The van der Waals surface area contributed by atoms with Gasteiger partial charge in [-0.15, -0.1) is 0 Å². The fourth-order valence-corrected chi connectivity index (χ4v) is 2.09. The lowest BCUT2D eigenvalue weighted by molar-refractivity contribution is -0.0512. The highest BCUT2D eigenvalue weighted by Crippen LogP contribution is 2.29. The van der Waals surface area contributed by atoms with E-state index in [0.717, 1.165) is 24.5 Å². The summed E-state index contributed by atoms with van der Waals surface area (Å²) in [7, 11) is 3.13. The van der Waals surface area contributed by atoms with E-state index in [1.54, 1.807) is 19.2 Å². The summed E-state index contributed by atoms with van der Waals surface area (Å²) < 4.78 is 34.4. The number of nitrogens with zero attached hydrogens (tertiary/aromatic N) is 1. The molecule has 1 aromatic carbocycles. The van der Waals surface area contributed by atoms with Crippen LogP contribution in [0, 0.1) is 5.92 Å². The van der Waals surface area contributed by atoms with Crippen LogP contribution in [0.5, 0.6) is 11.5 Å². The summed E-state index contributed by atoms with van der Waals surface area (Å²) >= 11 is 0. The average molecular weight is 343 g/mol. The third kappa shape index (κ3) is 7.48. The fourth-order valence-electron chi connectivity index (χ4n) is 2.09. The lowest BCUT2D eigenvalue weighted by atomic mass is 10.1. The molecule has 0 aliphatic heterocycles. The molecule has 0 unspecified atom stereocenters. The number of aliphatic imine (C=N–C) groups is 1. The van der Waals surface area contributed by atoms with Gasteiger partial charge in [-0.25, -0.2) is 0 Å². The Morgan fingerprint density at radius 2 is 1.88 bits per heavy atom. The highest BCUT2D eigenvalue weighted by Gasteiger charge is 2.11. The van der Waals surface area contributed by atoms with E-state index in [1.165, 1.54) is 7.11 Å². The molecule has 0 aliphatic carbocycles. The second kappa shape index (κ2) is 10.7. The summed E-state index contributed by atoms with van der Waals surface area (Å²) in [5, 5.41) is 6.44. The standard InChI is InChI=1S/C17H27F2N3O2/c1-12(2)7-9-21-17(20-3)22-10-8-13-5-6-14(23-4)15(11-13)24-16(18)19/h5-6,11-12,16H,7-10H2,1-4H3,(H2,20,21,22). The van der Waals surface area contributed by atoms with E-state index in [9.17, 15) is 8.78 Å². The van der Waals surface area contributed by atoms with Crippen molar-refractivity contribution >= 4 is 5.96 Å². The van der Waals surface area contributed by atoms with Gasteiger partial charge in [-0.1, -0.05) is 19.9 Å². The van der Waals surface area contributed by atoms with Crippen LogP contribution < -0.4 is 20.1 Å². The second-order valence-electron chi connectivity index (χ2n) is 5.72. The minimum atomic E-state index is -2.88. The van der Waals surface area contributed by atoms with Gasteiger partial charge in [0.25, 0.3) is 0 Å². The number of alkyl halides is 2. The molecule has 0 atom stereocenters. The number of hydrogen-bond acceptors (Lipinski definition) is 3. The van der Waals surface area contributed by atoms with Crippen molar-refractivity contribution in [1.29, 1.82) is 0 Å². The van der Waals surface area contributed by atoms with E-state index < -0.39 is 6.61 Å². The highest BCUT2D eigenvalue weighted by atomic mass is 19.3. The van der Waals surface area contributed by atoms with Crippen molar-refractivity contribution in [1.82, 2.24) is 10.6 Å². The highest BCUT2D eigenvalue weighted by molar-refractivity contribution is 5.79. The first-order chi connectivity index (χ1) is 11.5. The van der Waals surface area contributed by atoms with Crippen molar-refractivity contribution < 1.29 is 18.3 Å². The fraction of sp³-hybridized carbons (Fsp3) is 0.588. The summed E-state index contributed by atoms with van der Waals surface area (Å²) in [6.07, 6.45) is 1.71. The van der Waals surface area contributed by atoms with Crippen molar-refractivity contribution in [2.24, 2.45) is 10.9 Å². The lowest BCUT2D eigenvalue weighted by Crippen LogP contribution is -2.39. The van der Waals surface area contributed by atoms with Gasteiger partial charge in [0.1, 0.15) is 0 Å². The summed E-state index contributed by atoms with van der Waals surface area (Å²) in [5.74, 6) is 1.69. The molecule has 0 aromatic heterocycles. The molecule has 24 heavy (non-hydrogen) atoms. The number of methoxy groups -OCH3 is 1. The molecule has 2 N–H and O–H groups in total. The summed E-state index contributed by atoms with van der Waals surface area (Å²) in [6, 6.07) is 5.03. The molecule has 0 spiro atoms.